The Morgan fingerprint density at radius 3 is 2.65 bits per heavy atom. The lowest BCUT2D eigenvalue weighted by Gasteiger charge is -2.13. The predicted molar refractivity (Wildman–Crippen MR) is 68.6 cm³/mol. The largest absolute Gasteiger partial charge is 0.481 e. The minimum Gasteiger partial charge on any atom is -0.481 e. The molecule has 0 saturated heterocycles. The van der Waals surface area contributed by atoms with Crippen LogP contribution in [0.5, 0.6) is 0 Å². The summed E-state index contributed by atoms with van der Waals surface area (Å²) in [6.45, 7) is 1.47. The quantitative estimate of drug-likeness (QED) is 0.900. The zero-order valence-corrected chi connectivity index (χ0v) is 10.6. The Bertz CT molecular complexity index is 564. The van der Waals surface area contributed by atoms with E-state index in [1.807, 2.05) is 24.3 Å². The molecule has 0 aliphatic heterocycles. The molecule has 2 unspecified atom stereocenters. The molecule has 0 aliphatic rings. The van der Waals surface area contributed by atoms with Gasteiger partial charge in [-0.25, -0.2) is 0 Å². The maximum atomic E-state index is 10.8. The molecule has 17 heavy (non-hydrogen) atoms. The number of hydrogen-bond donors (Lipinski definition) is 2. The fourth-order valence-electron chi connectivity index (χ4n) is 1.59. The summed E-state index contributed by atoms with van der Waals surface area (Å²) in [4.78, 5) is 11.4. The minimum atomic E-state index is -1.07. The number of hydrogen-bond acceptors (Lipinski definition) is 3. The Balaban J connectivity index is 2.49. The molecule has 90 valence electrons. The molecule has 3 nitrogen and oxygen atoms in total. The van der Waals surface area contributed by atoms with Crippen molar-refractivity contribution < 1.29 is 15.0 Å². The molecular formula is C12H11ClO3S. The number of halogens is 1. The van der Waals surface area contributed by atoms with Gasteiger partial charge in [0.15, 0.2) is 0 Å². The highest BCUT2D eigenvalue weighted by Gasteiger charge is 2.27. The van der Waals surface area contributed by atoms with E-state index in [2.05, 4.69) is 0 Å². The molecule has 0 amide bonds. The van der Waals surface area contributed by atoms with Gasteiger partial charge in [0.25, 0.3) is 0 Å². The van der Waals surface area contributed by atoms with Crippen LogP contribution < -0.4 is 0 Å². The highest BCUT2D eigenvalue weighted by molar-refractivity contribution is 7.19. The second-order valence-corrected chi connectivity index (χ2v) is 5.31. The normalized spacial score (nSPS) is 14.8. The number of benzene rings is 1. The van der Waals surface area contributed by atoms with E-state index in [0.29, 0.717) is 9.90 Å². The van der Waals surface area contributed by atoms with E-state index in [-0.39, 0.29) is 0 Å². The van der Waals surface area contributed by atoms with Crippen LogP contribution in [0.1, 0.15) is 17.9 Å². The summed E-state index contributed by atoms with van der Waals surface area (Å²) in [5.41, 5.74) is 0. The van der Waals surface area contributed by atoms with Gasteiger partial charge in [-0.1, -0.05) is 29.8 Å². The van der Waals surface area contributed by atoms with Gasteiger partial charge in [-0.2, -0.15) is 0 Å². The smallest absolute Gasteiger partial charge is 0.309 e. The number of carboxylic acids is 1. The van der Waals surface area contributed by atoms with E-state index in [0.717, 1.165) is 10.1 Å². The number of aliphatic hydroxyl groups excluding tert-OH is 1. The monoisotopic (exact) mass is 270 g/mol. The SMILES string of the molecule is CC(C(=O)O)C(O)c1sc2ccccc2c1Cl. The third-order valence-electron chi connectivity index (χ3n) is 2.69. The van der Waals surface area contributed by atoms with Crippen LogP contribution in [0, 0.1) is 5.92 Å². The maximum absolute atomic E-state index is 10.8. The van der Waals surface area contributed by atoms with Crippen molar-refractivity contribution in [1.82, 2.24) is 0 Å². The minimum absolute atomic E-state index is 0.450. The number of aliphatic hydroxyl groups is 1. The molecule has 1 aromatic carbocycles. The summed E-state index contributed by atoms with van der Waals surface area (Å²) in [5.74, 6) is -1.91. The molecule has 0 bridgehead atoms. The first-order chi connectivity index (χ1) is 8.02. The lowest BCUT2D eigenvalue weighted by atomic mass is 10.0. The molecule has 2 atom stereocenters. The van der Waals surface area contributed by atoms with Crippen LogP contribution in [0.15, 0.2) is 24.3 Å². The molecule has 0 aliphatic carbocycles. The average molecular weight is 271 g/mol. The van der Waals surface area contributed by atoms with Crippen molar-refractivity contribution in [2.24, 2.45) is 5.92 Å². The molecule has 2 rings (SSSR count). The molecule has 0 spiro atoms. The lowest BCUT2D eigenvalue weighted by molar-refractivity contribution is -0.144. The van der Waals surface area contributed by atoms with Gasteiger partial charge in [0.05, 0.1) is 15.8 Å². The first kappa shape index (κ1) is 12.4. The third kappa shape index (κ3) is 2.16. The van der Waals surface area contributed by atoms with Crippen molar-refractivity contribution in [2.45, 2.75) is 13.0 Å². The average Bonchev–Trinajstić information content (AvgIpc) is 2.65. The first-order valence-corrected chi connectivity index (χ1v) is 6.29. The van der Waals surface area contributed by atoms with Gasteiger partial charge in [-0.3, -0.25) is 4.79 Å². The number of aliphatic carboxylic acids is 1. The Kier molecular flexibility index (Phi) is 3.38. The van der Waals surface area contributed by atoms with E-state index >= 15 is 0 Å². The standard InChI is InChI=1S/C12H11ClO3S/c1-6(12(15)16)10(14)11-9(13)7-4-2-3-5-8(7)17-11/h2-6,10,14H,1H3,(H,15,16). The van der Waals surface area contributed by atoms with Gasteiger partial charge in [0.1, 0.15) is 6.10 Å². The molecule has 2 aromatic rings. The topological polar surface area (TPSA) is 57.5 Å². The van der Waals surface area contributed by atoms with Crippen LogP contribution >= 0.6 is 22.9 Å². The van der Waals surface area contributed by atoms with Crippen molar-refractivity contribution in [3.63, 3.8) is 0 Å². The highest BCUT2D eigenvalue weighted by Crippen LogP contribution is 2.40. The van der Waals surface area contributed by atoms with E-state index < -0.39 is 18.0 Å². The molecule has 2 N–H and O–H groups in total. The summed E-state index contributed by atoms with van der Waals surface area (Å²) in [5, 5.41) is 20.2. The summed E-state index contributed by atoms with van der Waals surface area (Å²) in [7, 11) is 0. The van der Waals surface area contributed by atoms with Crippen molar-refractivity contribution in [3.05, 3.63) is 34.2 Å². The molecular weight excluding hydrogens is 260 g/mol. The van der Waals surface area contributed by atoms with Crippen molar-refractivity contribution in [3.8, 4) is 0 Å². The van der Waals surface area contributed by atoms with E-state index in [1.54, 1.807) is 0 Å². The number of carboxylic acid groups (broad SMARTS) is 1. The molecule has 0 fully saturated rings. The summed E-state index contributed by atoms with van der Waals surface area (Å²) < 4.78 is 0.948. The highest BCUT2D eigenvalue weighted by atomic mass is 35.5. The van der Waals surface area contributed by atoms with Crippen LogP contribution in [-0.2, 0) is 4.79 Å². The van der Waals surface area contributed by atoms with Gasteiger partial charge in [-0.05, 0) is 13.0 Å². The predicted octanol–water partition coefficient (Wildman–Crippen LogP) is 3.31. The van der Waals surface area contributed by atoms with Gasteiger partial charge in [0, 0.05) is 10.1 Å². The summed E-state index contributed by atoms with van der Waals surface area (Å²) in [6.07, 6.45) is -1.07. The van der Waals surface area contributed by atoms with Gasteiger partial charge in [0.2, 0.25) is 0 Å². The fraction of sp³-hybridized carbons (Fsp3) is 0.250. The van der Waals surface area contributed by atoms with Gasteiger partial charge >= 0.3 is 5.97 Å². The van der Waals surface area contributed by atoms with Crippen molar-refractivity contribution >= 4 is 39.0 Å². The van der Waals surface area contributed by atoms with E-state index in [1.165, 1.54) is 18.3 Å². The molecule has 5 heteroatoms. The van der Waals surface area contributed by atoms with Crippen LogP contribution in [-0.4, -0.2) is 16.2 Å². The Hall–Kier alpha value is -1.10. The fourth-order valence-corrected chi connectivity index (χ4v) is 3.22. The Labute approximate surface area is 107 Å². The first-order valence-electron chi connectivity index (χ1n) is 5.10. The van der Waals surface area contributed by atoms with Crippen LogP contribution in [0.3, 0.4) is 0 Å². The van der Waals surface area contributed by atoms with Gasteiger partial charge < -0.3 is 10.2 Å². The number of carbonyl (C=O) groups is 1. The number of fused-ring (bicyclic) bond motifs is 1. The second kappa shape index (κ2) is 4.64. The molecule has 0 saturated carbocycles. The zero-order valence-electron chi connectivity index (χ0n) is 9.05. The number of rotatable bonds is 3. The van der Waals surface area contributed by atoms with E-state index in [9.17, 15) is 9.90 Å². The van der Waals surface area contributed by atoms with E-state index in [4.69, 9.17) is 16.7 Å². The molecule has 0 radical (unpaired) electrons. The van der Waals surface area contributed by atoms with Crippen molar-refractivity contribution in [2.75, 3.05) is 0 Å². The van der Waals surface area contributed by atoms with Crippen LogP contribution in [0.2, 0.25) is 5.02 Å². The van der Waals surface area contributed by atoms with Crippen LogP contribution in [0.25, 0.3) is 10.1 Å². The Morgan fingerprint density at radius 2 is 2.06 bits per heavy atom. The summed E-state index contributed by atoms with van der Waals surface area (Å²) >= 11 is 7.49. The Morgan fingerprint density at radius 1 is 1.41 bits per heavy atom. The molecule has 1 aromatic heterocycles. The zero-order chi connectivity index (χ0) is 12.6. The lowest BCUT2D eigenvalue weighted by Crippen LogP contribution is -2.17. The number of thiophene rings is 1. The maximum Gasteiger partial charge on any atom is 0.309 e. The molecule has 1 heterocycles. The summed E-state index contributed by atoms with van der Waals surface area (Å²) in [6, 6.07) is 7.49. The van der Waals surface area contributed by atoms with Crippen molar-refractivity contribution in [1.29, 1.82) is 0 Å². The second-order valence-electron chi connectivity index (χ2n) is 3.85. The van der Waals surface area contributed by atoms with Gasteiger partial charge in [-0.15, -0.1) is 11.3 Å². The third-order valence-corrected chi connectivity index (χ3v) is 4.45. The van der Waals surface area contributed by atoms with Crippen LogP contribution in [0.4, 0.5) is 0 Å².